The molecule has 23 heavy (non-hydrogen) atoms. The van der Waals surface area contributed by atoms with E-state index in [2.05, 4.69) is 41.5 Å². The topological polar surface area (TPSA) is 46.5 Å². The Morgan fingerprint density at radius 2 is 1.78 bits per heavy atom. The van der Waals surface area contributed by atoms with Crippen LogP contribution in [0.25, 0.3) is 0 Å². The summed E-state index contributed by atoms with van der Waals surface area (Å²) in [6.07, 6.45) is 4.70. The van der Waals surface area contributed by atoms with E-state index in [0.717, 1.165) is 19.3 Å². The highest BCUT2D eigenvalue weighted by atomic mass is 16.6. The van der Waals surface area contributed by atoms with Crippen LogP contribution in [0.1, 0.15) is 73.6 Å². The van der Waals surface area contributed by atoms with Crippen LogP contribution in [0.3, 0.4) is 0 Å². The van der Waals surface area contributed by atoms with Crippen molar-refractivity contribution in [3.8, 4) is 0 Å². The zero-order valence-corrected chi connectivity index (χ0v) is 15.5. The summed E-state index contributed by atoms with van der Waals surface area (Å²) < 4.78 is 6.20. The normalized spacial score (nSPS) is 47.8. The summed E-state index contributed by atoms with van der Waals surface area (Å²) in [6, 6.07) is 0. The molecule has 6 unspecified atom stereocenters. The Bertz CT molecular complexity index is 562. The summed E-state index contributed by atoms with van der Waals surface area (Å²) in [4.78, 5) is 13.1. The van der Waals surface area contributed by atoms with Gasteiger partial charge in [0, 0.05) is 11.8 Å². The van der Waals surface area contributed by atoms with Crippen LogP contribution in [-0.4, -0.2) is 22.3 Å². The molecule has 4 saturated carbocycles. The molecule has 0 aromatic heterocycles. The first-order valence-electron chi connectivity index (χ1n) is 9.30. The fourth-order valence-corrected chi connectivity index (χ4v) is 6.77. The molecule has 4 aliphatic rings. The van der Waals surface area contributed by atoms with Crippen LogP contribution in [0.15, 0.2) is 0 Å². The summed E-state index contributed by atoms with van der Waals surface area (Å²) >= 11 is 0. The molecule has 0 aromatic carbocycles. The number of aliphatic hydroxyl groups is 1. The van der Waals surface area contributed by atoms with Gasteiger partial charge in [0.15, 0.2) is 0 Å². The third-order valence-electron chi connectivity index (χ3n) is 7.56. The molecule has 6 atom stereocenters. The Morgan fingerprint density at radius 1 is 1.17 bits per heavy atom. The van der Waals surface area contributed by atoms with Gasteiger partial charge in [0.1, 0.15) is 5.60 Å². The van der Waals surface area contributed by atoms with Crippen molar-refractivity contribution in [2.75, 3.05) is 0 Å². The Labute approximate surface area is 140 Å². The maximum atomic E-state index is 13.1. The standard InChI is InChI=1S/C20H32O3/c1-16(2,3)10-14(17(4,5)6)15(21)23-19-9-13-7-12-8-18(22,11-19)20(12,13)19/h12-14,22H,7-11H2,1-6H3. The molecule has 4 fully saturated rings. The van der Waals surface area contributed by atoms with Crippen molar-refractivity contribution < 1.29 is 14.6 Å². The average molecular weight is 320 g/mol. The molecule has 0 saturated heterocycles. The van der Waals surface area contributed by atoms with Gasteiger partial charge in [-0.3, -0.25) is 4.79 Å². The van der Waals surface area contributed by atoms with Gasteiger partial charge in [-0.25, -0.2) is 0 Å². The first-order valence-corrected chi connectivity index (χ1v) is 9.30. The average Bonchev–Trinajstić information content (AvgIpc) is 2.27. The zero-order chi connectivity index (χ0) is 17.1. The van der Waals surface area contributed by atoms with Crippen LogP contribution in [0.5, 0.6) is 0 Å². The second-order valence-electron chi connectivity index (χ2n) is 11.2. The third-order valence-corrected chi connectivity index (χ3v) is 7.56. The van der Waals surface area contributed by atoms with E-state index >= 15 is 0 Å². The van der Waals surface area contributed by atoms with E-state index in [9.17, 15) is 9.90 Å². The van der Waals surface area contributed by atoms with Crippen molar-refractivity contribution in [2.45, 2.75) is 84.8 Å². The molecular formula is C20H32O3. The highest BCUT2D eigenvalue weighted by molar-refractivity contribution is 5.75. The first kappa shape index (κ1) is 15.9. The van der Waals surface area contributed by atoms with Gasteiger partial charge in [-0.1, -0.05) is 41.5 Å². The Kier molecular flexibility index (Phi) is 2.75. The van der Waals surface area contributed by atoms with Gasteiger partial charge in [-0.2, -0.15) is 0 Å². The van der Waals surface area contributed by atoms with Crippen LogP contribution < -0.4 is 0 Å². The van der Waals surface area contributed by atoms with Gasteiger partial charge in [0.05, 0.1) is 11.5 Å². The van der Waals surface area contributed by atoms with Crippen molar-refractivity contribution in [1.29, 1.82) is 0 Å². The number of hydrogen-bond donors (Lipinski definition) is 1. The first-order chi connectivity index (χ1) is 10.3. The maximum absolute atomic E-state index is 13.1. The Balaban J connectivity index is 1.52. The van der Waals surface area contributed by atoms with Crippen molar-refractivity contribution in [3.05, 3.63) is 0 Å². The van der Waals surface area contributed by atoms with Gasteiger partial charge in [-0.15, -0.1) is 0 Å². The van der Waals surface area contributed by atoms with Gasteiger partial charge >= 0.3 is 5.97 Å². The minimum absolute atomic E-state index is 0.0279. The van der Waals surface area contributed by atoms with E-state index in [4.69, 9.17) is 4.74 Å². The van der Waals surface area contributed by atoms with E-state index in [0.29, 0.717) is 18.3 Å². The molecule has 0 radical (unpaired) electrons. The highest BCUT2D eigenvalue weighted by Gasteiger charge is 2.96. The van der Waals surface area contributed by atoms with E-state index in [1.165, 1.54) is 6.42 Å². The molecule has 0 amide bonds. The maximum Gasteiger partial charge on any atom is 0.310 e. The largest absolute Gasteiger partial charge is 0.458 e. The van der Waals surface area contributed by atoms with Crippen LogP contribution in [-0.2, 0) is 9.53 Å². The summed E-state index contributed by atoms with van der Waals surface area (Å²) in [5.41, 5.74) is -0.836. The van der Waals surface area contributed by atoms with Gasteiger partial charge in [-0.05, 0) is 48.3 Å². The second kappa shape index (κ2) is 3.98. The van der Waals surface area contributed by atoms with Crippen LogP contribution >= 0.6 is 0 Å². The van der Waals surface area contributed by atoms with E-state index in [1.54, 1.807) is 0 Å². The van der Waals surface area contributed by atoms with E-state index in [1.807, 2.05) is 0 Å². The molecule has 0 heterocycles. The lowest BCUT2D eigenvalue weighted by molar-refractivity contribution is -0.504. The van der Waals surface area contributed by atoms with Gasteiger partial charge in [0.2, 0.25) is 0 Å². The van der Waals surface area contributed by atoms with Gasteiger partial charge < -0.3 is 9.84 Å². The summed E-state index contributed by atoms with van der Waals surface area (Å²) in [5.74, 6) is 1.12. The van der Waals surface area contributed by atoms with Crippen molar-refractivity contribution in [3.63, 3.8) is 0 Å². The van der Waals surface area contributed by atoms with Crippen LogP contribution in [0.2, 0.25) is 0 Å². The Morgan fingerprint density at radius 3 is 2.22 bits per heavy atom. The Hall–Kier alpha value is -0.570. The molecular weight excluding hydrogens is 288 g/mol. The molecule has 0 aliphatic heterocycles. The lowest BCUT2D eigenvalue weighted by Crippen LogP contribution is -2.97. The molecule has 0 bridgehead atoms. The molecule has 130 valence electrons. The van der Waals surface area contributed by atoms with Crippen molar-refractivity contribution in [2.24, 2.45) is 34.0 Å². The molecule has 1 spiro atoms. The SMILES string of the molecule is CC(C)(C)CC(C(=O)OC12CC3CC4CC(O)(C1)C432)C(C)(C)C. The molecule has 4 rings (SSSR count). The zero-order valence-electron chi connectivity index (χ0n) is 15.5. The van der Waals surface area contributed by atoms with E-state index < -0.39 is 5.60 Å². The quantitative estimate of drug-likeness (QED) is 0.801. The summed E-state index contributed by atoms with van der Waals surface area (Å²) in [6.45, 7) is 13.0. The third kappa shape index (κ3) is 1.68. The van der Waals surface area contributed by atoms with Crippen LogP contribution in [0.4, 0.5) is 0 Å². The number of carbonyl (C=O) groups excluding carboxylic acids is 1. The van der Waals surface area contributed by atoms with Crippen molar-refractivity contribution >= 4 is 5.97 Å². The number of rotatable bonds is 3. The minimum Gasteiger partial charge on any atom is -0.458 e. The highest BCUT2D eigenvalue weighted by Crippen LogP contribution is 2.91. The molecule has 4 aliphatic carbocycles. The summed E-state index contributed by atoms with van der Waals surface area (Å²) in [7, 11) is 0. The molecule has 0 aromatic rings. The predicted octanol–water partition coefficient (Wildman–Crippen LogP) is 3.93. The number of hydrogen-bond acceptors (Lipinski definition) is 3. The lowest BCUT2D eigenvalue weighted by atomic mass is 9.15. The smallest absolute Gasteiger partial charge is 0.310 e. The number of esters is 1. The lowest BCUT2D eigenvalue weighted by Gasteiger charge is -2.92. The van der Waals surface area contributed by atoms with Gasteiger partial charge in [0.25, 0.3) is 0 Å². The monoisotopic (exact) mass is 320 g/mol. The minimum atomic E-state index is -0.500. The molecule has 3 heteroatoms. The predicted molar refractivity (Wildman–Crippen MR) is 88.7 cm³/mol. The van der Waals surface area contributed by atoms with Crippen molar-refractivity contribution in [1.82, 2.24) is 0 Å². The summed E-state index contributed by atoms with van der Waals surface area (Å²) in [5, 5.41) is 10.7. The number of ether oxygens (including phenoxy) is 1. The van der Waals surface area contributed by atoms with Crippen LogP contribution in [0, 0.1) is 34.0 Å². The van der Waals surface area contributed by atoms with E-state index in [-0.39, 0.29) is 33.7 Å². The molecule has 1 N–H and O–H groups in total. The fraction of sp³-hybridized carbons (Fsp3) is 0.950. The molecule has 3 nitrogen and oxygen atoms in total. The fourth-order valence-electron chi connectivity index (χ4n) is 6.77. The second-order valence-corrected chi connectivity index (χ2v) is 11.2. The number of carbonyl (C=O) groups is 1.